The van der Waals surface area contributed by atoms with Gasteiger partial charge in [0, 0.05) is 12.3 Å². The van der Waals surface area contributed by atoms with Crippen LogP contribution < -0.4 is 16.4 Å². The summed E-state index contributed by atoms with van der Waals surface area (Å²) in [5, 5.41) is 8.85. The van der Waals surface area contributed by atoms with E-state index in [0.29, 0.717) is 29.4 Å². The van der Waals surface area contributed by atoms with Crippen molar-refractivity contribution in [2.45, 2.75) is 38.1 Å². The van der Waals surface area contributed by atoms with Gasteiger partial charge < -0.3 is 16.6 Å². The van der Waals surface area contributed by atoms with Gasteiger partial charge in [0.1, 0.15) is 0 Å². The first kappa shape index (κ1) is 17.5. The van der Waals surface area contributed by atoms with E-state index in [1.807, 2.05) is 6.07 Å². The Kier molecular flexibility index (Phi) is 4.49. The zero-order chi connectivity index (χ0) is 18.3. The van der Waals surface area contributed by atoms with Gasteiger partial charge in [-0.3, -0.25) is 9.89 Å². The lowest BCUT2D eigenvalue weighted by atomic mass is 9.48. The minimum atomic E-state index is -0.946. The van der Waals surface area contributed by atoms with Gasteiger partial charge in [-0.15, -0.1) is 0 Å². The van der Waals surface area contributed by atoms with Crippen LogP contribution in [0.2, 0.25) is 0 Å². The highest BCUT2D eigenvalue weighted by Gasteiger charge is 2.53. The third-order valence-corrected chi connectivity index (χ3v) is 6.80. The summed E-state index contributed by atoms with van der Waals surface area (Å²) in [7, 11) is 0. The van der Waals surface area contributed by atoms with Crippen molar-refractivity contribution in [1.82, 2.24) is 0 Å². The van der Waals surface area contributed by atoms with Crippen molar-refractivity contribution in [3.8, 4) is 0 Å². The largest absolute Gasteiger partial charge is 0.465 e. The first-order valence-electron chi connectivity index (χ1n) is 9.59. The molecule has 0 saturated heterocycles. The fraction of sp³-hybridized carbons (Fsp3) is 0.600. The summed E-state index contributed by atoms with van der Waals surface area (Å²) in [6.45, 7) is 1.23. The van der Waals surface area contributed by atoms with Crippen LogP contribution in [0.4, 0.5) is 16.2 Å². The lowest BCUT2D eigenvalue weighted by Gasteiger charge is -2.59. The number of rotatable bonds is 1. The van der Waals surface area contributed by atoms with E-state index < -0.39 is 6.09 Å². The van der Waals surface area contributed by atoms with Crippen molar-refractivity contribution in [2.24, 2.45) is 39.6 Å². The van der Waals surface area contributed by atoms with Crippen LogP contribution in [-0.4, -0.2) is 36.5 Å². The van der Waals surface area contributed by atoms with E-state index in [9.17, 15) is 4.79 Å². The number of benzene rings is 1. The summed E-state index contributed by atoms with van der Waals surface area (Å²) >= 11 is 0. The number of nitrogens with two attached hydrogens (primary N) is 2. The number of carboxylic acid groups (broad SMARTS) is 1. The highest BCUT2D eigenvalue weighted by molar-refractivity contribution is 5.96. The van der Waals surface area contributed by atoms with Gasteiger partial charge in [0.25, 0.3) is 0 Å². The van der Waals surface area contributed by atoms with E-state index in [1.54, 1.807) is 24.4 Å². The van der Waals surface area contributed by atoms with Crippen LogP contribution in [0.1, 0.15) is 32.1 Å². The molecule has 26 heavy (non-hydrogen) atoms. The van der Waals surface area contributed by atoms with Crippen LogP contribution in [0.15, 0.2) is 29.3 Å². The second kappa shape index (κ2) is 6.67. The van der Waals surface area contributed by atoms with Gasteiger partial charge in [-0.25, -0.2) is 4.79 Å². The summed E-state index contributed by atoms with van der Waals surface area (Å²) in [4.78, 5) is 16.1. The normalized spacial score (nSPS) is 36.3. The molecule has 0 aromatic heterocycles. The summed E-state index contributed by atoms with van der Waals surface area (Å²) in [5.41, 5.74) is 14.0. The van der Waals surface area contributed by atoms with Crippen LogP contribution in [0, 0.1) is 23.2 Å². The molecule has 0 radical (unpaired) electrons. The van der Waals surface area contributed by atoms with Crippen molar-refractivity contribution < 1.29 is 9.90 Å². The second-order valence-corrected chi connectivity index (χ2v) is 8.45. The van der Waals surface area contributed by atoms with Crippen molar-refractivity contribution in [1.29, 1.82) is 0 Å². The molecular weight excluding hydrogens is 328 g/mol. The molecule has 1 aromatic rings. The molecule has 5 aliphatic rings. The van der Waals surface area contributed by atoms with Crippen LogP contribution in [0.25, 0.3) is 0 Å². The minimum Gasteiger partial charge on any atom is -0.465 e. The van der Waals surface area contributed by atoms with Gasteiger partial charge in [0.15, 0.2) is 0 Å². The fourth-order valence-electron chi connectivity index (χ4n) is 5.78. The summed E-state index contributed by atoms with van der Waals surface area (Å²) < 4.78 is 0. The molecule has 1 heterocycles. The SMILES string of the molecule is NCC12CC3CC(C1)C(N)C(C3)C2.O=C(O)N1CC=Nc2ccccc21. The maximum Gasteiger partial charge on any atom is 0.412 e. The molecule has 140 valence electrons. The summed E-state index contributed by atoms with van der Waals surface area (Å²) in [6.07, 6.45) is 7.52. The fourth-order valence-corrected chi connectivity index (χ4v) is 5.78. The Labute approximate surface area is 154 Å². The van der Waals surface area contributed by atoms with E-state index >= 15 is 0 Å². The number of hydrogen-bond acceptors (Lipinski definition) is 4. The van der Waals surface area contributed by atoms with Crippen LogP contribution in [0.5, 0.6) is 0 Å². The Morgan fingerprint density at radius 1 is 1.23 bits per heavy atom. The van der Waals surface area contributed by atoms with Gasteiger partial charge >= 0.3 is 6.09 Å². The van der Waals surface area contributed by atoms with E-state index in [0.717, 1.165) is 24.3 Å². The Hall–Kier alpha value is -1.92. The highest BCUT2D eigenvalue weighted by Crippen LogP contribution is 2.58. The molecule has 1 aromatic carbocycles. The zero-order valence-corrected chi connectivity index (χ0v) is 15.1. The third-order valence-electron chi connectivity index (χ3n) is 6.80. The third kappa shape index (κ3) is 3.01. The second-order valence-electron chi connectivity index (χ2n) is 8.45. The van der Waals surface area contributed by atoms with Crippen molar-refractivity contribution in [3.63, 3.8) is 0 Å². The van der Waals surface area contributed by atoms with Crippen molar-refractivity contribution >= 4 is 23.7 Å². The molecule has 4 saturated carbocycles. The quantitative estimate of drug-likeness (QED) is 0.719. The van der Waals surface area contributed by atoms with Crippen molar-refractivity contribution in [2.75, 3.05) is 18.0 Å². The molecule has 4 bridgehead atoms. The van der Waals surface area contributed by atoms with E-state index in [-0.39, 0.29) is 0 Å². The molecule has 0 spiro atoms. The highest BCUT2D eigenvalue weighted by atomic mass is 16.4. The molecular formula is C20H28N4O2. The number of amides is 1. The van der Waals surface area contributed by atoms with Gasteiger partial charge in [0.05, 0.1) is 17.9 Å². The molecule has 2 unspecified atom stereocenters. The molecule has 6 heteroatoms. The van der Waals surface area contributed by atoms with Gasteiger partial charge in [-0.2, -0.15) is 0 Å². The molecule has 2 atom stereocenters. The maximum atomic E-state index is 10.8. The van der Waals surface area contributed by atoms with Crippen LogP contribution in [0.3, 0.4) is 0 Å². The Bertz CT molecular complexity index is 704. The van der Waals surface area contributed by atoms with Gasteiger partial charge in [0.2, 0.25) is 0 Å². The lowest BCUT2D eigenvalue weighted by molar-refractivity contribution is -0.0612. The van der Waals surface area contributed by atoms with E-state index in [4.69, 9.17) is 16.6 Å². The first-order valence-corrected chi connectivity index (χ1v) is 9.59. The van der Waals surface area contributed by atoms with Crippen LogP contribution in [-0.2, 0) is 0 Å². The Morgan fingerprint density at radius 2 is 1.92 bits per heavy atom. The lowest BCUT2D eigenvalue weighted by Crippen LogP contribution is -2.58. The van der Waals surface area contributed by atoms with Crippen LogP contribution >= 0.6 is 0 Å². The number of fused-ring (bicyclic) bond motifs is 1. The van der Waals surface area contributed by atoms with Crippen molar-refractivity contribution in [3.05, 3.63) is 24.3 Å². The number of nitrogens with zero attached hydrogens (tertiary/aromatic N) is 2. The molecule has 6 nitrogen and oxygen atoms in total. The predicted octanol–water partition coefficient (Wildman–Crippen LogP) is 2.99. The molecule has 4 aliphatic carbocycles. The number of hydrogen-bond donors (Lipinski definition) is 3. The molecule has 1 amide bonds. The van der Waals surface area contributed by atoms with Gasteiger partial charge in [-0.1, -0.05) is 12.1 Å². The standard InChI is InChI=1S/C11H20N2.C9H8N2O2/c12-6-11-3-7-1-8(4-11)10(13)9(2-7)5-11;12-9(13)11-6-5-10-7-3-1-2-4-8(7)11/h7-10H,1-6,12-13H2;1-5H,6H2,(H,12,13). The molecule has 5 N–H and O–H groups in total. The van der Waals surface area contributed by atoms with E-state index in [1.165, 1.54) is 37.0 Å². The van der Waals surface area contributed by atoms with E-state index in [2.05, 4.69) is 4.99 Å². The smallest absolute Gasteiger partial charge is 0.412 e. The minimum absolute atomic E-state index is 0.326. The topological polar surface area (TPSA) is 105 Å². The number of para-hydroxylation sites is 2. The Balaban J connectivity index is 0.000000129. The number of anilines is 1. The molecule has 1 aliphatic heterocycles. The number of aliphatic imine (C=N–C) groups is 1. The zero-order valence-electron chi connectivity index (χ0n) is 15.1. The number of carbonyl (C=O) groups is 1. The monoisotopic (exact) mass is 356 g/mol. The summed E-state index contributed by atoms with van der Waals surface area (Å²) in [6, 6.07) is 7.69. The first-order chi connectivity index (χ1) is 12.5. The molecule has 4 fully saturated rings. The summed E-state index contributed by atoms with van der Waals surface area (Å²) in [5.74, 6) is 2.60. The predicted molar refractivity (Wildman–Crippen MR) is 103 cm³/mol. The average Bonchev–Trinajstić information content (AvgIpc) is 2.65. The maximum absolute atomic E-state index is 10.8. The van der Waals surface area contributed by atoms with Gasteiger partial charge in [-0.05, 0) is 74.0 Å². The molecule has 6 rings (SSSR count). The average molecular weight is 356 g/mol. The Morgan fingerprint density at radius 3 is 2.58 bits per heavy atom.